The first-order valence-electron chi connectivity index (χ1n) is 10.3. The molecule has 32 heavy (non-hydrogen) atoms. The first kappa shape index (κ1) is 20.7. The molecule has 2 aliphatic heterocycles. The van der Waals surface area contributed by atoms with Crippen LogP contribution in [0.5, 0.6) is 5.75 Å². The fraction of sp³-hybridized carbons (Fsp3) is 0.200. The smallest absolute Gasteiger partial charge is 0.266 e. The number of carbonyl (C=O) groups is 2. The molecule has 6 nitrogen and oxygen atoms in total. The summed E-state index contributed by atoms with van der Waals surface area (Å²) in [6.45, 7) is 1.93. The zero-order valence-electron chi connectivity index (χ0n) is 17.6. The molecule has 2 amide bonds. The van der Waals surface area contributed by atoms with Crippen LogP contribution in [0.1, 0.15) is 17.2 Å². The average Bonchev–Trinajstić information content (AvgIpc) is 3.30. The van der Waals surface area contributed by atoms with Crippen molar-refractivity contribution in [3.05, 3.63) is 88.4 Å². The van der Waals surface area contributed by atoms with Crippen molar-refractivity contribution < 1.29 is 19.2 Å². The number of hydrogen-bond donors (Lipinski definition) is 0. The van der Waals surface area contributed by atoms with E-state index in [4.69, 9.17) is 9.57 Å². The van der Waals surface area contributed by atoms with Crippen LogP contribution in [0.15, 0.2) is 77.3 Å². The van der Waals surface area contributed by atoms with E-state index in [0.717, 1.165) is 21.3 Å². The number of imide groups is 1. The lowest BCUT2D eigenvalue weighted by Crippen LogP contribution is -2.37. The van der Waals surface area contributed by atoms with Crippen molar-refractivity contribution >= 4 is 39.1 Å². The van der Waals surface area contributed by atoms with Crippen molar-refractivity contribution in [3.8, 4) is 5.75 Å². The zero-order chi connectivity index (χ0) is 22.4. The number of aryl methyl sites for hydroxylation is 1. The van der Waals surface area contributed by atoms with Gasteiger partial charge in [-0.25, -0.2) is 9.96 Å². The van der Waals surface area contributed by atoms with E-state index < -0.39 is 18.1 Å². The molecule has 0 aromatic heterocycles. The second kappa shape index (κ2) is 8.07. The number of halogens is 1. The number of hydroxylamine groups is 1. The maximum Gasteiger partial charge on any atom is 0.266 e. The third-order valence-corrected chi connectivity index (χ3v) is 6.52. The van der Waals surface area contributed by atoms with Crippen molar-refractivity contribution in [2.24, 2.45) is 5.92 Å². The number of ether oxygens (including phenoxy) is 1. The number of para-hydroxylation sites is 1. The second-order valence-corrected chi connectivity index (χ2v) is 8.76. The van der Waals surface area contributed by atoms with E-state index in [-0.39, 0.29) is 11.8 Å². The fourth-order valence-corrected chi connectivity index (χ4v) is 5.00. The summed E-state index contributed by atoms with van der Waals surface area (Å²) >= 11 is 3.54. The predicted octanol–water partition coefficient (Wildman–Crippen LogP) is 4.82. The van der Waals surface area contributed by atoms with Crippen LogP contribution < -0.4 is 14.7 Å². The molecule has 0 bridgehead atoms. The maximum absolute atomic E-state index is 13.6. The SMILES string of the molecule is COc1ccc(C2C3C(=O)N(c4cccc(C)c4)C(=O)C3ON2c2ccccc2)cc1Br. The number of amides is 2. The Morgan fingerprint density at radius 3 is 2.34 bits per heavy atom. The highest BCUT2D eigenvalue weighted by Crippen LogP contribution is 2.48. The Hall–Kier alpha value is -3.16. The third-order valence-electron chi connectivity index (χ3n) is 5.90. The summed E-state index contributed by atoms with van der Waals surface area (Å²) in [7, 11) is 1.60. The summed E-state index contributed by atoms with van der Waals surface area (Å²) in [6.07, 6.45) is -0.894. The summed E-state index contributed by atoms with van der Waals surface area (Å²) in [5.74, 6) is -0.600. The molecule has 0 aliphatic carbocycles. The minimum atomic E-state index is -0.894. The Labute approximate surface area is 194 Å². The van der Waals surface area contributed by atoms with Gasteiger partial charge in [-0.05, 0) is 70.4 Å². The molecule has 0 spiro atoms. The molecular weight excluding hydrogens is 472 g/mol. The van der Waals surface area contributed by atoms with Gasteiger partial charge in [0.1, 0.15) is 11.7 Å². The molecule has 0 saturated carbocycles. The molecule has 5 rings (SSSR count). The summed E-state index contributed by atoms with van der Waals surface area (Å²) in [6, 6.07) is 22.1. The number of fused-ring (bicyclic) bond motifs is 1. The van der Waals surface area contributed by atoms with E-state index >= 15 is 0 Å². The number of nitrogens with zero attached hydrogens (tertiary/aromatic N) is 2. The lowest BCUT2D eigenvalue weighted by molar-refractivity contribution is -0.126. The molecule has 2 heterocycles. The van der Waals surface area contributed by atoms with E-state index in [2.05, 4.69) is 15.9 Å². The van der Waals surface area contributed by atoms with Crippen LogP contribution in [-0.4, -0.2) is 25.0 Å². The van der Waals surface area contributed by atoms with E-state index in [0.29, 0.717) is 11.4 Å². The molecule has 162 valence electrons. The van der Waals surface area contributed by atoms with Gasteiger partial charge < -0.3 is 4.74 Å². The second-order valence-electron chi connectivity index (χ2n) is 7.90. The van der Waals surface area contributed by atoms with Gasteiger partial charge in [0.05, 0.1) is 29.0 Å². The number of hydrogen-bond acceptors (Lipinski definition) is 5. The Balaban J connectivity index is 1.60. The Bertz CT molecular complexity index is 1200. The van der Waals surface area contributed by atoms with Gasteiger partial charge >= 0.3 is 0 Å². The topological polar surface area (TPSA) is 59.1 Å². The van der Waals surface area contributed by atoms with Crippen LogP contribution in [0, 0.1) is 12.8 Å². The molecule has 2 aliphatic rings. The van der Waals surface area contributed by atoms with Gasteiger partial charge in [-0.2, -0.15) is 0 Å². The van der Waals surface area contributed by atoms with Crippen molar-refractivity contribution in [2.45, 2.75) is 19.1 Å². The first-order valence-corrected chi connectivity index (χ1v) is 11.1. The van der Waals surface area contributed by atoms with E-state index in [9.17, 15) is 9.59 Å². The largest absolute Gasteiger partial charge is 0.496 e. The average molecular weight is 493 g/mol. The molecule has 7 heteroatoms. The molecule has 3 aromatic carbocycles. The summed E-state index contributed by atoms with van der Waals surface area (Å²) in [4.78, 5) is 34.4. The molecule has 3 aromatic rings. The van der Waals surface area contributed by atoms with E-state index in [1.165, 1.54) is 4.90 Å². The van der Waals surface area contributed by atoms with Crippen LogP contribution in [0.4, 0.5) is 11.4 Å². The van der Waals surface area contributed by atoms with Gasteiger partial charge in [0.2, 0.25) is 5.91 Å². The normalized spacial score (nSPS) is 22.4. The van der Waals surface area contributed by atoms with Crippen LogP contribution in [0.2, 0.25) is 0 Å². The Morgan fingerprint density at radius 1 is 0.906 bits per heavy atom. The van der Waals surface area contributed by atoms with Gasteiger partial charge in [-0.3, -0.25) is 14.4 Å². The Kier molecular flexibility index (Phi) is 5.23. The highest BCUT2D eigenvalue weighted by atomic mass is 79.9. The summed E-state index contributed by atoms with van der Waals surface area (Å²) in [5, 5.41) is 1.69. The highest BCUT2D eigenvalue weighted by Gasteiger charge is 2.60. The highest BCUT2D eigenvalue weighted by molar-refractivity contribution is 9.10. The van der Waals surface area contributed by atoms with Gasteiger partial charge in [-0.15, -0.1) is 0 Å². The zero-order valence-corrected chi connectivity index (χ0v) is 19.2. The maximum atomic E-state index is 13.6. The molecule has 2 saturated heterocycles. The van der Waals surface area contributed by atoms with Crippen LogP contribution in [0.25, 0.3) is 0 Å². The van der Waals surface area contributed by atoms with Crippen LogP contribution in [0.3, 0.4) is 0 Å². The third kappa shape index (κ3) is 3.29. The molecule has 0 N–H and O–H groups in total. The van der Waals surface area contributed by atoms with E-state index in [1.807, 2.05) is 73.7 Å². The van der Waals surface area contributed by atoms with Crippen molar-refractivity contribution in [1.82, 2.24) is 0 Å². The van der Waals surface area contributed by atoms with Crippen molar-refractivity contribution in [2.75, 3.05) is 17.1 Å². The predicted molar refractivity (Wildman–Crippen MR) is 124 cm³/mol. The summed E-state index contributed by atoms with van der Waals surface area (Å²) < 4.78 is 6.13. The number of carbonyl (C=O) groups excluding carboxylic acids is 2. The van der Waals surface area contributed by atoms with Crippen LogP contribution in [-0.2, 0) is 14.4 Å². The minimum Gasteiger partial charge on any atom is -0.496 e. The standard InChI is InChI=1S/C25H21BrN2O4/c1-15-7-6-10-18(13-15)27-24(29)21-22(16-11-12-20(31-2)19(26)14-16)28(32-23(21)25(27)30)17-8-4-3-5-9-17/h3-14,21-23H,1-2H3. The van der Waals surface area contributed by atoms with Gasteiger partial charge in [0.25, 0.3) is 5.91 Å². The molecule has 3 unspecified atom stereocenters. The summed E-state index contributed by atoms with van der Waals surface area (Å²) in [5.41, 5.74) is 3.17. The molecule has 0 radical (unpaired) electrons. The van der Waals surface area contributed by atoms with Crippen molar-refractivity contribution in [3.63, 3.8) is 0 Å². The number of methoxy groups -OCH3 is 1. The van der Waals surface area contributed by atoms with Crippen LogP contribution >= 0.6 is 15.9 Å². The van der Waals surface area contributed by atoms with Gasteiger partial charge in [-0.1, -0.05) is 36.4 Å². The lowest BCUT2D eigenvalue weighted by atomic mass is 9.90. The molecular formula is C25H21BrN2O4. The quantitative estimate of drug-likeness (QED) is 0.488. The molecule has 2 fully saturated rings. The van der Waals surface area contributed by atoms with Gasteiger partial charge in [0.15, 0.2) is 6.10 Å². The fourth-order valence-electron chi connectivity index (χ4n) is 4.44. The Morgan fingerprint density at radius 2 is 1.66 bits per heavy atom. The minimum absolute atomic E-state index is 0.263. The van der Waals surface area contributed by atoms with Crippen molar-refractivity contribution in [1.29, 1.82) is 0 Å². The van der Waals surface area contributed by atoms with Gasteiger partial charge in [0, 0.05) is 0 Å². The number of rotatable bonds is 4. The monoisotopic (exact) mass is 492 g/mol. The first-order chi connectivity index (χ1) is 15.5. The number of benzene rings is 3. The van der Waals surface area contributed by atoms with E-state index in [1.54, 1.807) is 18.2 Å². The lowest BCUT2D eigenvalue weighted by Gasteiger charge is -2.29. The molecule has 3 atom stereocenters. The number of anilines is 2.